The molecule has 0 N–H and O–H groups in total. The molecular formula is C18H24ClNSSi. The molecule has 1 aliphatic rings. The molecule has 0 spiro atoms. The molecule has 22 heavy (non-hydrogen) atoms. The van der Waals surface area contributed by atoms with E-state index in [0.29, 0.717) is 0 Å². The third-order valence-corrected chi connectivity index (χ3v) is 10.4. The molecule has 0 fully saturated rings. The third-order valence-electron chi connectivity index (χ3n) is 4.70. The molecule has 0 atom stereocenters. The van der Waals surface area contributed by atoms with Crippen LogP contribution in [0.4, 0.5) is 0 Å². The van der Waals surface area contributed by atoms with Crippen LogP contribution < -0.4 is 4.50 Å². The van der Waals surface area contributed by atoms with E-state index >= 15 is 0 Å². The van der Waals surface area contributed by atoms with Gasteiger partial charge in [-0.2, -0.15) is 11.3 Å². The molecule has 1 aliphatic heterocycles. The monoisotopic (exact) mass is 349 g/mol. The number of hydrogen-bond acceptors (Lipinski definition) is 2. The molecule has 118 valence electrons. The first kappa shape index (κ1) is 16.3. The van der Waals surface area contributed by atoms with Gasteiger partial charge in [0, 0.05) is 29.5 Å². The van der Waals surface area contributed by atoms with Gasteiger partial charge in [0.15, 0.2) is 0 Å². The van der Waals surface area contributed by atoms with Crippen molar-refractivity contribution < 1.29 is 0 Å². The molecule has 1 aromatic heterocycles. The first-order valence-corrected chi connectivity index (χ1v) is 11.7. The highest BCUT2D eigenvalue weighted by molar-refractivity contribution is 7.23. The topological polar surface area (TPSA) is 3.24 Å². The summed E-state index contributed by atoms with van der Waals surface area (Å²) >= 11 is 8.42. The largest absolute Gasteiger partial charge is 0.294 e. The number of fused-ring (bicyclic) bond motifs is 1. The first-order chi connectivity index (χ1) is 10.7. The quantitative estimate of drug-likeness (QED) is 0.721. The molecule has 4 heteroatoms. The number of benzene rings is 1. The molecule has 0 saturated carbocycles. The summed E-state index contributed by atoms with van der Waals surface area (Å²) in [6.45, 7) is 7.94. The van der Waals surface area contributed by atoms with Crippen LogP contribution in [-0.2, 0) is 19.5 Å². The highest BCUT2D eigenvalue weighted by atomic mass is 35.5. The van der Waals surface area contributed by atoms with Crippen molar-refractivity contribution in [2.75, 3.05) is 6.54 Å². The van der Waals surface area contributed by atoms with Crippen LogP contribution in [0.25, 0.3) is 0 Å². The van der Waals surface area contributed by atoms with Gasteiger partial charge in [-0.25, -0.2) is 0 Å². The lowest BCUT2D eigenvalue weighted by Gasteiger charge is -2.27. The molecular weight excluding hydrogens is 326 g/mol. The van der Waals surface area contributed by atoms with E-state index in [1.165, 1.54) is 24.1 Å². The van der Waals surface area contributed by atoms with Crippen LogP contribution in [0.1, 0.15) is 29.9 Å². The molecule has 3 rings (SSSR count). The van der Waals surface area contributed by atoms with Crippen LogP contribution in [0, 0.1) is 0 Å². The van der Waals surface area contributed by atoms with Crippen LogP contribution in [0.3, 0.4) is 0 Å². The van der Waals surface area contributed by atoms with Gasteiger partial charge in [-0.15, -0.1) is 0 Å². The fraction of sp³-hybridized carbons (Fsp3) is 0.444. The van der Waals surface area contributed by atoms with Crippen molar-refractivity contribution in [3.8, 4) is 0 Å². The molecule has 2 heterocycles. The second kappa shape index (κ2) is 7.31. The lowest BCUT2D eigenvalue weighted by atomic mass is 10.1. The highest BCUT2D eigenvalue weighted by Gasteiger charge is 2.22. The van der Waals surface area contributed by atoms with Gasteiger partial charge in [-0.3, -0.25) is 4.90 Å². The van der Waals surface area contributed by atoms with E-state index in [4.69, 9.17) is 11.6 Å². The Hall–Kier alpha value is -0.613. The maximum atomic E-state index is 6.31. The van der Waals surface area contributed by atoms with E-state index in [0.717, 1.165) is 24.7 Å². The summed E-state index contributed by atoms with van der Waals surface area (Å²) in [4.78, 5) is 4.18. The van der Waals surface area contributed by atoms with Crippen molar-refractivity contribution in [3.63, 3.8) is 0 Å². The number of hydrogen-bond donors (Lipinski definition) is 0. The third kappa shape index (κ3) is 3.48. The van der Waals surface area contributed by atoms with E-state index < -0.39 is 8.80 Å². The standard InChI is InChI=1S/C18H24ClNSSi/c1-3-22(4-2)18-11-15-13-20(10-9-17(15)21-18)12-14-7-5-6-8-16(14)19/h5-8,11,22H,3-4,9-10,12-13H2,1-2H3. The summed E-state index contributed by atoms with van der Waals surface area (Å²) < 4.78 is 1.73. The van der Waals surface area contributed by atoms with Crippen molar-refractivity contribution in [1.29, 1.82) is 0 Å². The zero-order valence-corrected chi connectivity index (χ0v) is 16.2. The fourth-order valence-electron chi connectivity index (χ4n) is 3.31. The summed E-state index contributed by atoms with van der Waals surface area (Å²) in [6.07, 6.45) is 1.21. The second-order valence-corrected chi connectivity index (χ2v) is 11.8. The average molecular weight is 350 g/mol. The lowest BCUT2D eigenvalue weighted by Crippen LogP contribution is -2.29. The number of halogens is 1. The zero-order valence-electron chi connectivity index (χ0n) is 13.4. The van der Waals surface area contributed by atoms with Crippen LogP contribution in [0.15, 0.2) is 30.3 Å². The molecule has 0 unspecified atom stereocenters. The minimum absolute atomic E-state index is 0.676. The van der Waals surface area contributed by atoms with E-state index in [-0.39, 0.29) is 0 Å². The van der Waals surface area contributed by atoms with Gasteiger partial charge in [0.2, 0.25) is 0 Å². The Balaban J connectivity index is 1.72. The summed E-state index contributed by atoms with van der Waals surface area (Å²) in [5.41, 5.74) is 2.83. The minimum atomic E-state index is -0.676. The van der Waals surface area contributed by atoms with E-state index in [1.54, 1.807) is 14.9 Å². The van der Waals surface area contributed by atoms with Gasteiger partial charge in [-0.05, 0) is 34.2 Å². The Labute approximate surface area is 144 Å². The van der Waals surface area contributed by atoms with Gasteiger partial charge >= 0.3 is 0 Å². The SMILES string of the molecule is CC[SiH](CC)c1cc2c(s1)CCN(Cc1ccccc1Cl)C2. The number of nitrogens with zero attached hydrogens (tertiary/aromatic N) is 1. The van der Waals surface area contributed by atoms with Gasteiger partial charge in [0.05, 0.1) is 8.80 Å². The van der Waals surface area contributed by atoms with Crippen LogP contribution >= 0.6 is 22.9 Å². The average Bonchev–Trinajstić information content (AvgIpc) is 2.94. The summed E-state index contributed by atoms with van der Waals surface area (Å²) in [5, 5.41) is 0.892. The van der Waals surface area contributed by atoms with Crippen LogP contribution in [-0.4, -0.2) is 20.2 Å². The molecule has 0 radical (unpaired) electrons. The smallest absolute Gasteiger partial charge is 0.0831 e. The van der Waals surface area contributed by atoms with E-state index in [2.05, 4.69) is 48.3 Å². The predicted molar refractivity (Wildman–Crippen MR) is 101 cm³/mol. The normalized spacial score (nSPS) is 15.3. The van der Waals surface area contributed by atoms with Crippen molar-refractivity contribution in [3.05, 3.63) is 51.4 Å². The Morgan fingerprint density at radius 1 is 1.23 bits per heavy atom. The van der Waals surface area contributed by atoms with Crippen molar-refractivity contribution in [2.24, 2.45) is 0 Å². The summed E-state index contributed by atoms with van der Waals surface area (Å²) in [7, 11) is -0.676. The number of thiophene rings is 1. The second-order valence-electron chi connectivity index (χ2n) is 6.16. The Bertz CT molecular complexity index is 636. The first-order valence-electron chi connectivity index (χ1n) is 8.28. The highest BCUT2D eigenvalue weighted by Crippen LogP contribution is 2.26. The van der Waals surface area contributed by atoms with E-state index in [1.807, 2.05) is 12.1 Å². The van der Waals surface area contributed by atoms with Crippen molar-refractivity contribution in [2.45, 2.75) is 45.4 Å². The lowest BCUT2D eigenvalue weighted by molar-refractivity contribution is 0.247. The summed E-state index contributed by atoms with van der Waals surface area (Å²) in [5.74, 6) is 0. The Morgan fingerprint density at radius 2 is 2.00 bits per heavy atom. The molecule has 0 amide bonds. The molecule has 1 aromatic carbocycles. The van der Waals surface area contributed by atoms with Gasteiger partial charge in [-0.1, -0.05) is 55.7 Å². The molecule has 0 saturated heterocycles. The van der Waals surface area contributed by atoms with Crippen LogP contribution in [0.5, 0.6) is 0 Å². The molecule has 0 bridgehead atoms. The van der Waals surface area contributed by atoms with Crippen molar-refractivity contribution >= 4 is 36.2 Å². The van der Waals surface area contributed by atoms with E-state index in [9.17, 15) is 0 Å². The maximum absolute atomic E-state index is 6.31. The molecule has 2 aromatic rings. The molecule has 1 nitrogen and oxygen atoms in total. The zero-order chi connectivity index (χ0) is 15.5. The maximum Gasteiger partial charge on any atom is 0.0831 e. The molecule has 0 aliphatic carbocycles. The van der Waals surface area contributed by atoms with Crippen molar-refractivity contribution in [1.82, 2.24) is 4.90 Å². The van der Waals surface area contributed by atoms with Crippen LogP contribution in [0.2, 0.25) is 17.1 Å². The fourth-order valence-corrected chi connectivity index (χ4v) is 8.35. The summed E-state index contributed by atoms with van der Waals surface area (Å²) in [6, 6.07) is 13.5. The minimum Gasteiger partial charge on any atom is -0.294 e. The number of rotatable bonds is 5. The van der Waals surface area contributed by atoms with Gasteiger partial charge < -0.3 is 0 Å². The van der Waals surface area contributed by atoms with Gasteiger partial charge in [0.25, 0.3) is 0 Å². The van der Waals surface area contributed by atoms with Gasteiger partial charge in [0.1, 0.15) is 0 Å². The Kier molecular flexibility index (Phi) is 5.40. The Morgan fingerprint density at radius 3 is 2.73 bits per heavy atom. The predicted octanol–water partition coefficient (Wildman–Crippen LogP) is 4.43.